The first-order valence-corrected chi connectivity index (χ1v) is 11.1. The Balaban J connectivity index is 0.00000256. The molecular weight excluding hydrogens is 513 g/mol. The normalized spacial score (nSPS) is 17.2. The van der Waals surface area contributed by atoms with Crippen LogP contribution in [0.1, 0.15) is 37.8 Å². The van der Waals surface area contributed by atoms with Crippen LogP contribution in [-0.2, 0) is 19.5 Å². The zero-order chi connectivity index (χ0) is 20.1. The molecule has 1 aromatic heterocycles. The monoisotopic (exact) mass is 543 g/mol. The molecule has 164 valence electrons. The van der Waals surface area contributed by atoms with E-state index in [1.165, 1.54) is 24.9 Å². The fourth-order valence-electron chi connectivity index (χ4n) is 4.08. The molecule has 0 spiro atoms. The Kier molecular flexibility index (Phi) is 8.61. The third kappa shape index (κ3) is 5.57. The first-order valence-electron chi connectivity index (χ1n) is 10.7. The summed E-state index contributed by atoms with van der Waals surface area (Å²) in [5.74, 6) is 3.06. The standard InChI is InChI=1S/C21H30ClN7.HI/c1-2-23-21(24-16-20-26-25-19-9-4-3-5-10-29(19)20)28-13-11-27(12-14-28)18-8-6-7-17(22)15-18;/h6-8,15H,2-5,9-14,16H2,1H3,(H,23,24);1H. The second-order valence-corrected chi connectivity index (χ2v) is 8.06. The van der Waals surface area contributed by atoms with Gasteiger partial charge in [-0.25, -0.2) is 4.99 Å². The average molecular weight is 544 g/mol. The van der Waals surface area contributed by atoms with Crippen molar-refractivity contribution < 1.29 is 0 Å². The highest BCUT2D eigenvalue weighted by molar-refractivity contribution is 14.0. The summed E-state index contributed by atoms with van der Waals surface area (Å²) in [4.78, 5) is 9.62. The van der Waals surface area contributed by atoms with Gasteiger partial charge in [-0.2, -0.15) is 0 Å². The number of guanidine groups is 1. The number of hydrogen-bond acceptors (Lipinski definition) is 4. The second-order valence-electron chi connectivity index (χ2n) is 7.62. The molecule has 9 heteroatoms. The maximum absolute atomic E-state index is 6.16. The van der Waals surface area contributed by atoms with Crippen LogP contribution in [0.15, 0.2) is 29.3 Å². The molecule has 4 rings (SSSR count). The van der Waals surface area contributed by atoms with Gasteiger partial charge in [-0.1, -0.05) is 24.1 Å². The van der Waals surface area contributed by atoms with E-state index >= 15 is 0 Å². The largest absolute Gasteiger partial charge is 0.368 e. The third-order valence-electron chi connectivity index (χ3n) is 5.64. The molecule has 0 unspecified atom stereocenters. The lowest BCUT2D eigenvalue weighted by Crippen LogP contribution is -2.52. The van der Waals surface area contributed by atoms with Gasteiger partial charge in [0.15, 0.2) is 11.8 Å². The summed E-state index contributed by atoms with van der Waals surface area (Å²) < 4.78 is 2.27. The van der Waals surface area contributed by atoms with Crippen molar-refractivity contribution in [3.05, 3.63) is 40.9 Å². The molecule has 2 aliphatic rings. The number of nitrogens with zero attached hydrogens (tertiary/aromatic N) is 6. The molecule has 1 saturated heterocycles. The number of aromatic nitrogens is 3. The Morgan fingerprint density at radius 2 is 1.93 bits per heavy atom. The number of piperazine rings is 1. The molecule has 0 bridgehead atoms. The average Bonchev–Trinajstić information content (AvgIpc) is 2.97. The highest BCUT2D eigenvalue weighted by Gasteiger charge is 2.21. The smallest absolute Gasteiger partial charge is 0.194 e. The molecule has 2 aliphatic heterocycles. The van der Waals surface area contributed by atoms with Gasteiger partial charge in [0.25, 0.3) is 0 Å². The van der Waals surface area contributed by atoms with Crippen molar-refractivity contribution in [1.82, 2.24) is 25.0 Å². The van der Waals surface area contributed by atoms with Crippen molar-refractivity contribution in [2.45, 2.75) is 45.7 Å². The fourth-order valence-corrected chi connectivity index (χ4v) is 4.27. The number of anilines is 1. The van der Waals surface area contributed by atoms with E-state index < -0.39 is 0 Å². The fraction of sp³-hybridized carbons (Fsp3) is 0.571. The SMILES string of the molecule is CCNC(=NCc1nnc2n1CCCCC2)N1CCN(c2cccc(Cl)c2)CC1.I. The molecule has 1 N–H and O–H groups in total. The van der Waals surface area contributed by atoms with Crippen LogP contribution in [-0.4, -0.2) is 58.3 Å². The summed E-state index contributed by atoms with van der Waals surface area (Å²) in [5.41, 5.74) is 1.19. The zero-order valence-corrected chi connectivity index (χ0v) is 20.6. The van der Waals surface area contributed by atoms with Crippen LogP contribution in [0.4, 0.5) is 5.69 Å². The lowest BCUT2D eigenvalue weighted by Gasteiger charge is -2.37. The van der Waals surface area contributed by atoms with Crippen LogP contribution in [0.5, 0.6) is 0 Å². The molecule has 0 aliphatic carbocycles. The first-order chi connectivity index (χ1) is 14.2. The zero-order valence-electron chi connectivity index (χ0n) is 17.6. The van der Waals surface area contributed by atoms with Crippen molar-refractivity contribution >= 4 is 47.2 Å². The van der Waals surface area contributed by atoms with Gasteiger partial charge in [-0.3, -0.25) is 0 Å². The van der Waals surface area contributed by atoms with Crippen molar-refractivity contribution in [2.75, 3.05) is 37.6 Å². The highest BCUT2D eigenvalue weighted by Crippen LogP contribution is 2.21. The van der Waals surface area contributed by atoms with Gasteiger partial charge < -0.3 is 19.7 Å². The predicted octanol–water partition coefficient (Wildman–Crippen LogP) is 3.56. The van der Waals surface area contributed by atoms with Crippen LogP contribution in [0.2, 0.25) is 5.02 Å². The topological polar surface area (TPSA) is 61.6 Å². The number of halogens is 2. The van der Waals surface area contributed by atoms with Gasteiger partial charge in [0.05, 0.1) is 0 Å². The molecule has 0 amide bonds. The van der Waals surface area contributed by atoms with E-state index in [2.05, 4.69) is 42.9 Å². The summed E-state index contributed by atoms with van der Waals surface area (Å²) in [6, 6.07) is 8.09. The molecule has 0 saturated carbocycles. The molecule has 7 nitrogen and oxygen atoms in total. The van der Waals surface area contributed by atoms with E-state index in [9.17, 15) is 0 Å². The summed E-state index contributed by atoms with van der Waals surface area (Å²) in [6.45, 7) is 8.31. The Labute approximate surface area is 200 Å². The summed E-state index contributed by atoms with van der Waals surface area (Å²) in [6.07, 6.45) is 4.71. The van der Waals surface area contributed by atoms with E-state index in [1.54, 1.807) is 0 Å². The number of fused-ring (bicyclic) bond motifs is 1. The van der Waals surface area contributed by atoms with Gasteiger partial charge in [0, 0.05) is 56.4 Å². The molecule has 1 aromatic carbocycles. The van der Waals surface area contributed by atoms with E-state index in [0.29, 0.717) is 6.54 Å². The number of nitrogens with one attached hydrogen (secondary N) is 1. The molecule has 30 heavy (non-hydrogen) atoms. The quantitative estimate of drug-likeness (QED) is 0.363. The molecular formula is C21H31ClIN7. The van der Waals surface area contributed by atoms with Crippen LogP contribution < -0.4 is 10.2 Å². The minimum Gasteiger partial charge on any atom is -0.368 e. The molecule has 2 aromatic rings. The Hall–Kier alpha value is -1.55. The van der Waals surface area contributed by atoms with Gasteiger partial charge in [-0.05, 0) is 38.0 Å². The van der Waals surface area contributed by atoms with Crippen molar-refractivity contribution in [1.29, 1.82) is 0 Å². The van der Waals surface area contributed by atoms with Gasteiger partial charge >= 0.3 is 0 Å². The van der Waals surface area contributed by atoms with Crippen LogP contribution in [0.25, 0.3) is 0 Å². The maximum Gasteiger partial charge on any atom is 0.194 e. The Morgan fingerprint density at radius 3 is 2.70 bits per heavy atom. The second kappa shape index (κ2) is 11.2. The molecule has 3 heterocycles. The van der Waals surface area contributed by atoms with E-state index in [1.807, 2.05) is 18.2 Å². The van der Waals surface area contributed by atoms with E-state index in [4.69, 9.17) is 16.6 Å². The highest BCUT2D eigenvalue weighted by atomic mass is 127. The predicted molar refractivity (Wildman–Crippen MR) is 133 cm³/mol. The number of hydrogen-bond donors (Lipinski definition) is 1. The Bertz CT molecular complexity index is 846. The van der Waals surface area contributed by atoms with Crippen LogP contribution >= 0.6 is 35.6 Å². The van der Waals surface area contributed by atoms with Gasteiger partial charge in [0.1, 0.15) is 12.4 Å². The first kappa shape index (κ1) is 23.1. The summed E-state index contributed by atoms with van der Waals surface area (Å²) in [7, 11) is 0. The van der Waals surface area contributed by atoms with E-state index in [0.717, 1.165) is 68.3 Å². The summed E-state index contributed by atoms with van der Waals surface area (Å²) in [5, 5.41) is 13.0. The van der Waals surface area contributed by atoms with Gasteiger partial charge in [0.2, 0.25) is 0 Å². The van der Waals surface area contributed by atoms with Crippen molar-refractivity contribution in [2.24, 2.45) is 4.99 Å². The summed E-state index contributed by atoms with van der Waals surface area (Å²) >= 11 is 6.16. The molecule has 0 radical (unpaired) electrons. The van der Waals surface area contributed by atoms with Gasteiger partial charge in [-0.15, -0.1) is 34.2 Å². The third-order valence-corrected chi connectivity index (χ3v) is 5.88. The Morgan fingerprint density at radius 1 is 1.10 bits per heavy atom. The van der Waals surface area contributed by atoms with E-state index in [-0.39, 0.29) is 24.0 Å². The van der Waals surface area contributed by atoms with Crippen LogP contribution in [0, 0.1) is 0 Å². The lowest BCUT2D eigenvalue weighted by molar-refractivity contribution is 0.372. The number of rotatable bonds is 4. The molecule has 1 fully saturated rings. The van der Waals surface area contributed by atoms with Crippen molar-refractivity contribution in [3.8, 4) is 0 Å². The van der Waals surface area contributed by atoms with Crippen molar-refractivity contribution in [3.63, 3.8) is 0 Å². The number of aliphatic imine (C=N–C) groups is 1. The molecule has 0 atom stereocenters. The van der Waals surface area contributed by atoms with Crippen LogP contribution in [0.3, 0.4) is 0 Å². The minimum atomic E-state index is 0. The number of aryl methyl sites for hydroxylation is 1. The maximum atomic E-state index is 6.16. The number of benzene rings is 1. The minimum absolute atomic E-state index is 0. The lowest BCUT2D eigenvalue weighted by atomic mass is 10.2.